The van der Waals surface area contributed by atoms with Crippen molar-refractivity contribution in [1.82, 2.24) is 15.1 Å². The Balaban J connectivity index is 2.25. The number of hydrogen-bond donors (Lipinski definition) is 1. The molecule has 0 aliphatic carbocycles. The predicted molar refractivity (Wildman–Crippen MR) is 83.9 cm³/mol. The van der Waals surface area contributed by atoms with Crippen LogP contribution >= 0.6 is 0 Å². The monoisotopic (exact) mass is 271 g/mol. The summed E-state index contributed by atoms with van der Waals surface area (Å²) in [4.78, 5) is 0. The molecule has 1 atom stereocenters. The molecule has 0 radical (unpaired) electrons. The Morgan fingerprint density at radius 3 is 2.60 bits per heavy atom. The largest absolute Gasteiger partial charge is 0.310 e. The fourth-order valence-electron chi connectivity index (χ4n) is 2.66. The first-order valence-electron chi connectivity index (χ1n) is 7.46. The third-order valence-corrected chi connectivity index (χ3v) is 3.82. The van der Waals surface area contributed by atoms with Crippen LogP contribution in [0.2, 0.25) is 0 Å². The van der Waals surface area contributed by atoms with Crippen LogP contribution in [-0.4, -0.2) is 16.3 Å². The number of nitrogens with zero attached hydrogens (tertiary/aromatic N) is 2. The molecule has 0 bridgehead atoms. The number of likely N-dealkylation sites (N-methyl/N-ethyl adjacent to an activating group) is 1. The zero-order valence-corrected chi connectivity index (χ0v) is 13.0. The molecule has 1 N–H and O–H groups in total. The molecule has 0 spiro atoms. The minimum absolute atomic E-state index is 0.348. The molecule has 108 valence electrons. The maximum Gasteiger partial charge on any atom is 0.0624 e. The van der Waals surface area contributed by atoms with Gasteiger partial charge in [0, 0.05) is 25.2 Å². The smallest absolute Gasteiger partial charge is 0.0624 e. The van der Waals surface area contributed by atoms with E-state index in [-0.39, 0.29) is 0 Å². The highest BCUT2D eigenvalue weighted by Gasteiger charge is 2.15. The highest BCUT2D eigenvalue weighted by molar-refractivity contribution is 5.30. The van der Waals surface area contributed by atoms with Gasteiger partial charge in [0.2, 0.25) is 0 Å². The highest BCUT2D eigenvalue weighted by atomic mass is 15.3. The van der Waals surface area contributed by atoms with Crippen LogP contribution in [0.4, 0.5) is 0 Å². The highest BCUT2D eigenvalue weighted by Crippen LogP contribution is 2.22. The molecular weight excluding hydrogens is 246 g/mol. The standard InChI is InChI=1S/C17H25N3/c1-5-14-11-15(20(4)19-14)12-17(18-6-2)16-10-8-7-9-13(16)3/h7-11,17-18H,5-6,12H2,1-4H3. The third-order valence-electron chi connectivity index (χ3n) is 3.82. The lowest BCUT2D eigenvalue weighted by molar-refractivity contribution is 0.526. The molecule has 0 aliphatic rings. The average Bonchev–Trinajstić information content (AvgIpc) is 2.80. The van der Waals surface area contributed by atoms with Gasteiger partial charge in [0.15, 0.2) is 0 Å². The van der Waals surface area contributed by atoms with Crippen molar-refractivity contribution in [2.24, 2.45) is 7.05 Å². The van der Waals surface area contributed by atoms with Crippen LogP contribution in [0, 0.1) is 6.92 Å². The Hall–Kier alpha value is -1.61. The normalized spacial score (nSPS) is 12.6. The second-order valence-corrected chi connectivity index (χ2v) is 5.28. The SMILES string of the molecule is CCNC(Cc1cc(CC)nn1C)c1ccccc1C. The van der Waals surface area contributed by atoms with Gasteiger partial charge in [-0.1, -0.05) is 38.1 Å². The predicted octanol–water partition coefficient (Wildman–Crippen LogP) is 3.18. The van der Waals surface area contributed by atoms with E-state index in [2.05, 4.69) is 61.5 Å². The van der Waals surface area contributed by atoms with Crippen molar-refractivity contribution in [2.75, 3.05) is 6.54 Å². The Labute approximate surface area is 122 Å². The van der Waals surface area contributed by atoms with E-state index in [4.69, 9.17) is 0 Å². The van der Waals surface area contributed by atoms with Crippen molar-refractivity contribution < 1.29 is 0 Å². The van der Waals surface area contributed by atoms with E-state index < -0.39 is 0 Å². The van der Waals surface area contributed by atoms with Crippen LogP contribution < -0.4 is 5.32 Å². The number of nitrogens with one attached hydrogen (secondary N) is 1. The van der Waals surface area contributed by atoms with Crippen molar-refractivity contribution in [3.63, 3.8) is 0 Å². The van der Waals surface area contributed by atoms with Crippen LogP contribution in [0.15, 0.2) is 30.3 Å². The number of hydrogen-bond acceptors (Lipinski definition) is 2. The zero-order valence-electron chi connectivity index (χ0n) is 13.0. The summed E-state index contributed by atoms with van der Waals surface area (Å²) in [5, 5.41) is 8.15. The van der Waals surface area contributed by atoms with E-state index in [1.54, 1.807) is 0 Å². The van der Waals surface area contributed by atoms with Crippen LogP contribution in [-0.2, 0) is 19.9 Å². The van der Waals surface area contributed by atoms with Crippen molar-refractivity contribution in [3.05, 3.63) is 52.8 Å². The lowest BCUT2D eigenvalue weighted by atomic mass is 9.97. The first kappa shape index (κ1) is 14.8. The summed E-state index contributed by atoms with van der Waals surface area (Å²) in [6.45, 7) is 7.46. The fraction of sp³-hybridized carbons (Fsp3) is 0.471. The Morgan fingerprint density at radius 2 is 2.00 bits per heavy atom. The molecule has 1 aromatic heterocycles. The van der Waals surface area contributed by atoms with Gasteiger partial charge in [-0.05, 0) is 37.1 Å². The quantitative estimate of drug-likeness (QED) is 0.874. The maximum absolute atomic E-state index is 4.55. The molecule has 2 aromatic rings. The second kappa shape index (κ2) is 6.71. The molecule has 0 fully saturated rings. The maximum atomic E-state index is 4.55. The van der Waals surface area contributed by atoms with Gasteiger partial charge < -0.3 is 5.32 Å². The first-order chi connectivity index (χ1) is 9.65. The molecule has 0 aliphatic heterocycles. The molecule has 1 heterocycles. The van der Waals surface area contributed by atoms with Gasteiger partial charge >= 0.3 is 0 Å². The van der Waals surface area contributed by atoms with Crippen LogP contribution in [0.3, 0.4) is 0 Å². The third kappa shape index (κ3) is 3.28. The number of aromatic nitrogens is 2. The average molecular weight is 271 g/mol. The molecular formula is C17H25N3. The zero-order chi connectivity index (χ0) is 14.5. The molecule has 3 nitrogen and oxygen atoms in total. The van der Waals surface area contributed by atoms with Crippen molar-refractivity contribution in [1.29, 1.82) is 0 Å². The summed E-state index contributed by atoms with van der Waals surface area (Å²) >= 11 is 0. The van der Waals surface area contributed by atoms with Gasteiger partial charge in [0.1, 0.15) is 0 Å². The molecule has 2 rings (SSSR count). The van der Waals surface area contributed by atoms with E-state index in [1.807, 2.05) is 11.7 Å². The topological polar surface area (TPSA) is 29.9 Å². The van der Waals surface area contributed by atoms with Gasteiger partial charge in [-0.3, -0.25) is 4.68 Å². The van der Waals surface area contributed by atoms with E-state index in [1.165, 1.54) is 22.5 Å². The van der Waals surface area contributed by atoms with E-state index >= 15 is 0 Å². The van der Waals surface area contributed by atoms with Gasteiger partial charge in [0.25, 0.3) is 0 Å². The van der Waals surface area contributed by atoms with Crippen molar-refractivity contribution in [2.45, 2.75) is 39.7 Å². The van der Waals surface area contributed by atoms with Crippen molar-refractivity contribution in [3.8, 4) is 0 Å². The van der Waals surface area contributed by atoms with Gasteiger partial charge in [-0.2, -0.15) is 5.10 Å². The number of rotatable bonds is 6. The molecule has 0 saturated carbocycles. The van der Waals surface area contributed by atoms with Crippen LogP contribution in [0.25, 0.3) is 0 Å². The molecule has 0 amide bonds. The summed E-state index contributed by atoms with van der Waals surface area (Å²) < 4.78 is 2.02. The Kier molecular flexibility index (Phi) is 4.96. The van der Waals surface area contributed by atoms with Gasteiger partial charge in [0.05, 0.1) is 5.69 Å². The lowest BCUT2D eigenvalue weighted by Crippen LogP contribution is -2.24. The summed E-state index contributed by atoms with van der Waals surface area (Å²) in [6, 6.07) is 11.2. The van der Waals surface area contributed by atoms with Gasteiger partial charge in [-0.15, -0.1) is 0 Å². The first-order valence-corrected chi connectivity index (χ1v) is 7.46. The molecule has 3 heteroatoms. The second-order valence-electron chi connectivity index (χ2n) is 5.28. The summed E-state index contributed by atoms with van der Waals surface area (Å²) in [6.07, 6.45) is 1.96. The minimum atomic E-state index is 0.348. The van der Waals surface area contributed by atoms with Crippen molar-refractivity contribution >= 4 is 0 Å². The Bertz CT molecular complexity index is 557. The summed E-state index contributed by atoms with van der Waals surface area (Å²) in [7, 11) is 2.04. The Morgan fingerprint density at radius 1 is 1.25 bits per heavy atom. The van der Waals surface area contributed by atoms with E-state index in [0.717, 1.165) is 19.4 Å². The van der Waals surface area contributed by atoms with Crippen LogP contribution in [0.5, 0.6) is 0 Å². The molecule has 1 unspecified atom stereocenters. The number of aryl methyl sites for hydroxylation is 3. The van der Waals surface area contributed by atoms with Gasteiger partial charge in [-0.25, -0.2) is 0 Å². The van der Waals surface area contributed by atoms with E-state index in [0.29, 0.717) is 6.04 Å². The summed E-state index contributed by atoms with van der Waals surface area (Å²) in [5.74, 6) is 0. The fourth-order valence-corrected chi connectivity index (χ4v) is 2.66. The molecule has 0 saturated heterocycles. The molecule has 1 aromatic carbocycles. The molecule has 20 heavy (non-hydrogen) atoms. The van der Waals surface area contributed by atoms with Crippen LogP contribution in [0.1, 0.15) is 42.4 Å². The number of benzene rings is 1. The van der Waals surface area contributed by atoms with E-state index in [9.17, 15) is 0 Å². The lowest BCUT2D eigenvalue weighted by Gasteiger charge is -2.20. The summed E-state index contributed by atoms with van der Waals surface area (Å²) in [5.41, 5.74) is 5.18. The minimum Gasteiger partial charge on any atom is -0.310 e.